The second-order valence-electron chi connectivity index (χ2n) is 8.32. The standard InChI is InChI=1S/C19H30N4O3S/c1-15(2)20-18(24)21-10-11-23-16(12-21)13-22(14-19(23,3)4)27(25,26)17-8-6-5-7-9-17/h5-9,15-16H,10-14H2,1-4H3,(H,20,24)/t16-/m0/s1. The number of nitrogens with zero attached hydrogens (tertiary/aromatic N) is 3. The molecule has 2 heterocycles. The van der Waals surface area contributed by atoms with Crippen LogP contribution in [0.2, 0.25) is 0 Å². The van der Waals surface area contributed by atoms with Crippen LogP contribution in [0.4, 0.5) is 4.79 Å². The summed E-state index contributed by atoms with van der Waals surface area (Å²) in [6, 6.07) is 8.56. The lowest BCUT2D eigenvalue weighted by Crippen LogP contribution is -2.71. The molecule has 0 bridgehead atoms. The van der Waals surface area contributed by atoms with Crippen LogP contribution in [0.3, 0.4) is 0 Å². The van der Waals surface area contributed by atoms with Crippen LogP contribution in [0.15, 0.2) is 35.2 Å². The highest BCUT2D eigenvalue weighted by atomic mass is 32.2. The van der Waals surface area contributed by atoms with Gasteiger partial charge in [-0.2, -0.15) is 4.31 Å². The first-order valence-corrected chi connectivity index (χ1v) is 10.9. The Hall–Kier alpha value is -1.64. The molecule has 1 atom stereocenters. The van der Waals surface area contributed by atoms with E-state index in [0.717, 1.165) is 6.54 Å². The van der Waals surface area contributed by atoms with Gasteiger partial charge in [0.1, 0.15) is 0 Å². The van der Waals surface area contributed by atoms with Crippen molar-refractivity contribution in [2.45, 2.75) is 50.2 Å². The first-order valence-electron chi connectivity index (χ1n) is 9.48. The third kappa shape index (κ3) is 4.12. The van der Waals surface area contributed by atoms with Crippen LogP contribution in [0, 0.1) is 0 Å². The molecule has 0 aromatic heterocycles. The predicted molar refractivity (Wildman–Crippen MR) is 105 cm³/mol. The van der Waals surface area contributed by atoms with Crippen molar-refractivity contribution in [1.29, 1.82) is 0 Å². The fourth-order valence-electron chi connectivity index (χ4n) is 4.08. The van der Waals surface area contributed by atoms with E-state index in [1.165, 1.54) is 0 Å². The van der Waals surface area contributed by atoms with Crippen LogP contribution in [0.1, 0.15) is 27.7 Å². The largest absolute Gasteiger partial charge is 0.336 e. The minimum Gasteiger partial charge on any atom is -0.336 e. The zero-order valence-electron chi connectivity index (χ0n) is 16.6. The van der Waals surface area contributed by atoms with Gasteiger partial charge < -0.3 is 10.2 Å². The lowest BCUT2D eigenvalue weighted by molar-refractivity contribution is -0.0337. The molecule has 2 saturated heterocycles. The van der Waals surface area contributed by atoms with Crippen molar-refractivity contribution in [3.63, 3.8) is 0 Å². The number of hydrogen-bond donors (Lipinski definition) is 1. The van der Waals surface area contributed by atoms with Gasteiger partial charge in [-0.1, -0.05) is 18.2 Å². The first-order chi connectivity index (χ1) is 12.6. The van der Waals surface area contributed by atoms with Gasteiger partial charge in [-0.05, 0) is 39.8 Å². The van der Waals surface area contributed by atoms with Crippen LogP contribution >= 0.6 is 0 Å². The highest BCUT2D eigenvalue weighted by molar-refractivity contribution is 7.89. The third-order valence-corrected chi connectivity index (χ3v) is 7.14. The Morgan fingerprint density at radius 1 is 1.15 bits per heavy atom. The van der Waals surface area contributed by atoms with Crippen LogP contribution in [0.25, 0.3) is 0 Å². The van der Waals surface area contributed by atoms with E-state index < -0.39 is 10.0 Å². The van der Waals surface area contributed by atoms with Crippen molar-refractivity contribution >= 4 is 16.1 Å². The maximum Gasteiger partial charge on any atom is 0.317 e. The maximum absolute atomic E-state index is 13.1. The molecule has 2 aliphatic heterocycles. The minimum atomic E-state index is -3.55. The van der Waals surface area contributed by atoms with E-state index in [2.05, 4.69) is 24.1 Å². The number of piperazine rings is 2. The number of rotatable bonds is 3. The second-order valence-corrected chi connectivity index (χ2v) is 10.3. The monoisotopic (exact) mass is 394 g/mol. The van der Waals surface area contributed by atoms with Crippen molar-refractivity contribution in [2.24, 2.45) is 0 Å². The van der Waals surface area contributed by atoms with Crippen molar-refractivity contribution in [3.8, 4) is 0 Å². The average molecular weight is 395 g/mol. The van der Waals surface area contributed by atoms with Gasteiger partial charge >= 0.3 is 6.03 Å². The van der Waals surface area contributed by atoms with Crippen molar-refractivity contribution in [2.75, 3.05) is 32.7 Å². The molecule has 1 N–H and O–H groups in total. The zero-order chi connectivity index (χ0) is 19.8. The van der Waals surface area contributed by atoms with Gasteiger partial charge in [-0.15, -0.1) is 0 Å². The van der Waals surface area contributed by atoms with E-state index in [0.29, 0.717) is 31.1 Å². The van der Waals surface area contributed by atoms with Gasteiger partial charge in [0, 0.05) is 50.3 Å². The van der Waals surface area contributed by atoms with Gasteiger partial charge in [-0.3, -0.25) is 4.90 Å². The molecular weight excluding hydrogens is 364 g/mol. The second kappa shape index (κ2) is 7.41. The van der Waals surface area contributed by atoms with Gasteiger partial charge in [0.2, 0.25) is 10.0 Å². The van der Waals surface area contributed by atoms with E-state index in [1.54, 1.807) is 33.5 Å². The smallest absolute Gasteiger partial charge is 0.317 e. The molecule has 2 aliphatic rings. The molecule has 0 radical (unpaired) electrons. The summed E-state index contributed by atoms with van der Waals surface area (Å²) in [5.74, 6) is 0. The molecule has 1 aromatic rings. The summed E-state index contributed by atoms with van der Waals surface area (Å²) in [5.41, 5.74) is -0.286. The van der Waals surface area contributed by atoms with Crippen LogP contribution < -0.4 is 5.32 Å². The van der Waals surface area contributed by atoms with Crippen LogP contribution in [-0.4, -0.2) is 78.9 Å². The Balaban J connectivity index is 1.81. The number of nitrogens with one attached hydrogen (secondary N) is 1. The number of sulfonamides is 1. The topological polar surface area (TPSA) is 73.0 Å². The Bertz CT molecular complexity index is 779. The first kappa shape index (κ1) is 20.1. The molecule has 27 heavy (non-hydrogen) atoms. The summed E-state index contributed by atoms with van der Waals surface area (Å²) in [5, 5.41) is 2.93. The third-order valence-electron chi connectivity index (χ3n) is 5.32. The Kier molecular flexibility index (Phi) is 5.52. The van der Waals surface area contributed by atoms with E-state index >= 15 is 0 Å². The Labute approximate surface area is 162 Å². The minimum absolute atomic E-state index is 0.0149. The van der Waals surface area contributed by atoms with Crippen molar-refractivity contribution in [1.82, 2.24) is 19.4 Å². The van der Waals surface area contributed by atoms with Gasteiger partial charge in [0.05, 0.1) is 4.90 Å². The average Bonchev–Trinajstić information content (AvgIpc) is 2.60. The molecule has 7 nitrogen and oxygen atoms in total. The molecule has 0 unspecified atom stereocenters. The van der Waals surface area contributed by atoms with E-state index in [-0.39, 0.29) is 23.7 Å². The van der Waals surface area contributed by atoms with Gasteiger partial charge in [0.15, 0.2) is 0 Å². The molecule has 0 saturated carbocycles. The lowest BCUT2D eigenvalue weighted by atomic mass is 9.94. The number of carbonyl (C=O) groups excluding carboxylic acids is 1. The van der Waals surface area contributed by atoms with Gasteiger partial charge in [0.25, 0.3) is 0 Å². The Morgan fingerprint density at radius 2 is 1.81 bits per heavy atom. The molecule has 3 rings (SSSR count). The number of urea groups is 1. The molecule has 2 fully saturated rings. The predicted octanol–water partition coefficient (Wildman–Crippen LogP) is 1.57. The summed E-state index contributed by atoms with van der Waals surface area (Å²) >= 11 is 0. The summed E-state index contributed by atoms with van der Waals surface area (Å²) in [6.45, 7) is 10.8. The SMILES string of the molecule is CC(C)NC(=O)N1CCN2[C@@H](C1)CN(S(=O)(=O)c1ccccc1)CC2(C)C. The number of carbonyl (C=O) groups is 1. The maximum atomic E-state index is 13.1. The Morgan fingerprint density at radius 3 is 2.44 bits per heavy atom. The number of amides is 2. The molecule has 0 spiro atoms. The highest BCUT2D eigenvalue weighted by Crippen LogP contribution is 2.31. The number of fused-ring (bicyclic) bond motifs is 1. The molecular formula is C19H30N4O3S. The van der Waals surface area contributed by atoms with E-state index in [9.17, 15) is 13.2 Å². The van der Waals surface area contributed by atoms with Gasteiger partial charge in [-0.25, -0.2) is 13.2 Å². The number of benzene rings is 1. The summed E-state index contributed by atoms with van der Waals surface area (Å²) in [4.78, 5) is 16.9. The normalized spacial score (nSPS) is 23.9. The molecule has 1 aromatic carbocycles. The van der Waals surface area contributed by atoms with E-state index in [4.69, 9.17) is 0 Å². The summed E-state index contributed by atoms with van der Waals surface area (Å²) in [6.07, 6.45) is 0. The highest BCUT2D eigenvalue weighted by Gasteiger charge is 2.46. The molecule has 150 valence electrons. The van der Waals surface area contributed by atoms with Crippen molar-refractivity contribution < 1.29 is 13.2 Å². The summed E-state index contributed by atoms with van der Waals surface area (Å²) < 4.78 is 27.8. The fourth-order valence-corrected chi connectivity index (χ4v) is 5.73. The zero-order valence-corrected chi connectivity index (χ0v) is 17.4. The molecule has 8 heteroatoms. The quantitative estimate of drug-likeness (QED) is 0.845. The van der Waals surface area contributed by atoms with Crippen molar-refractivity contribution in [3.05, 3.63) is 30.3 Å². The molecule has 0 aliphatic carbocycles. The fraction of sp³-hybridized carbons (Fsp3) is 0.632. The number of hydrogen-bond acceptors (Lipinski definition) is 4. The van der Waals surface area contributed by atoms with Crippen LogP contribution in [0.5, 0.6) is 0 Å². The molecule has 2 amide bonds. The summed E-state index contributed by atoms with van der Waals surface area (Å²) in [7, 11) is -3.55. The van der Waals surface area contributed by atoms with E-state index in [1.807, 2.05) is 19.9 Å². The van der Waals surface area contributed by atoms with Crippen LogP contribution in [-0.2, 0) is 10.0 Å². The lowest BCUT2D eigenvalue weighted by Gasteiger charge is -2.55.